The van der Waals surface area contributed by atoms with E-state index in [1.165, 1.54) is 12.8 Å². The summed E-state index contributed by atoms with van der Waals surface area (Å²) in [7, 11) is 0. The molecule has 1 unspecified atom stereocenters. The molecule has 1 aromatic heterocycles. The molecule has 2 N–H and O–H groups in total. The molecule has 1 aliphatic rings. The van der Waals surface area contributed by atoms with Crippen molar-refractivity contribution in [3.05, 3.63) is 11.6 Å². The van der Waals surface area contributed by atoms with Crippen LogP contribution < -0.4 is 5.32 Å². The number of hydrogen-bond acceptors (Lipinski definition) is 3. The molecule has 0 spiro atoms. The third kappa shape index (κ3) is 1.54. The molecule has 4 nitrogen and oxygen atoms in total. The van der Waals surface area contributed by atoms with E-state index in [1.807, 2.05) is 6.92 Å². The van der Waals surface area contributed by atoms with Gasteiger partial charge in [-0.2, -0.15) is 5.10 Å². The van der Waals surface area contributed by atoms with Gasteiger partial charge in [-0.05, 0) is 26.3 Å². The summed E-state index contributed by atoms with van der Waals surface area (Å²) < 4.78 is 0. The molecule has 14 heavy (non-hydrogen) atoms. The van der Waals surface area contributed by atoms with Gasteiger partial charge in [0.15, 0.2) is 5.82 Å². The molecule has 0 aromatic carbocycles. The van der Waals surface area contributed by atoms with Crippen LogP contribution in [0.5, 0.6) is 0 Å². The SMILES string of the molecule is CCCC1(c2n[nH]c(C)n2)CCNC1. The Kier molecular flexibility index (Phi) is 2.54. The molecule has 0 radical (unpaired) electrons. The van der Waals surface area contributed by atoms with Crippen LogP contribution in [0.4, 0.5) is 0 Å². The van der Waals surface area contributed by atoms with E-state index in [0.717, 1.165) is 31.2 Å². The van der Waals surface area contributed by atoms with Gasteiger partial charge < -0.3 is 5.32 Å². The molecular weight excluding hydrogens is 176 g/mol. The molecule has 4 heteroatoms. The summed E-state index contributed by atoms with van der Waals surface area (Å²) in [5, 5.41) is 10.7. The Morgan fingerprint density at radius 1 is 1.50 bits per heavy atom. The molecule has 0 amide bonds. The lowest BCUT2D eigenvalue weighted by Gasteiger charge is -2.23. The third-order valence-electron chi connectivity index (χ3n) is 3.04. The van der Waals surface area contributed by atoms with Crippen molar-refractivity contribution in [2.24, 2.45) is 0 Å². The number of nitrogens with zero attached hydrogens (tertiary/aromatic N) is 2. The van der Waals surface area contributed by atoms with Crippen LogP contribution in [0.1, 0.15) is 37.8 Å². The van der Waals surface area contributed by atoms with Crippen molar-refractivity contribution < 1.29 is 0 Å². The van der Waals surface area contributed by atoms with Gasteiger partial charge in [0, 0.05) is 12.0 Å². The van der Waals surface area contributed by atoms with E-state index in [1.54, 1.807) is 0 Å². The highest BCUT2D eigenvalue weighted by Gasteiger charge is 2.38. The Balaban J connectivity index is 2.26. The number of aryl methyl sites for hydroxylation is 1. The molecule has 78 valence electrons. The first-order chi connectivity index (χ1) is 6.77. The molecule has 2 rings (SSSR count). The van der Waals surface area contributed by atoms with Gasteiger partial charge in [0.05, 0.1) is 0 Å². The molecule has 1 atom stereocenters. The zero-order chi connectivity index (χ0) is 10.0. The molecule has 0 bridgehead atoms. The van der Waals surface area contributed by atoms with Crippen molar-refractivity contribution in [3.63, 3.8) is 0 Å². The smallest absolute Gasteiger partial charge is 0.158 e. The molecule has 2 heterocycles. The largest absolute Gasteiger partial charge is 0.316 e. The highest BCUT2D eigenvalue weighted by Crippen LogP contribution is 2.32. The first kappa shape index (κ1) is 9.65. The topological polar surface area (TPSA) is 53.6 Å². The van der Waals surface area contributed by atoms with Gasteiger partial charge >= 0.3 is 0 Å². The van der Waals surface area contributed by atoms with Crippen molar-refractivity contribution in [2.75, 3.05) is 13.1 Å². The van der Waals surface area contributed by atoms with E-state index >= 15 is 0 Å². The van der Waals surface area contributed by atoms with Crippen molar-refractivity contribution in [2.45, 2.75) is 38.5 Å². The lowest BCUT2D eigenvalue weighted by molar-refractivity contribution is 0.403. The molecule has 1 saturated heterocycles. The summed E-state index contributed by atoms with van der Waals surface area (Å²) >= 11 is 0. The predicted octanol–water partition coefficient (Wildman–Crippen LogP) is 1.14. The van der Waals surface area contributed by atoms with Gasteiger partial charge in [0.2, 0.25) is 0 Å². The Hall–Kier alpha value is -0.900. The number of aromatic amines is 1. The fourth-order valence-corrected chi connectivity index (χ4v) is 2.32. The summed E-state index contributed by atoms with van der Waals surface area (Å²) in [4.78, 5) is 4.48. The standard InChI is InChI=1S/C10H18N4/c1-3-4-10(5-6-11-7-10)9-12-8(2)13-14-9/h11H,3-7H2,1-2H3,(H,12,13,14). The number of aromatic nitrogens is 3. The predicted molar refractivity (Wildman–Crippen MR) is 55.2 cm³/mol. The van der Waals surface area contributed by atoms with E-state index in [9.17, 15) is 0 Å². The molecular formula is C10H18N4. The van der Waals surface area contributed by atoms with E-state index < -0.39 is 0 Å². The minimum Gasteiger partial charge on any atom is -0.316 e. The van der Waals surface area contributed by atoms with Crippen molar-refractivity contribution in [1.82, 2.24) is 20.5 Å². The fourth-order valence-electron chi connectivity index (χ4n) is 2.32. The van der Waals surface area contributed by atoms with Gasteiger partial charge in [-0.3, -0.25) is 5.10 Å². The average molecular weight is 194 g/mol. The van der Waals surface area contributed by atoms with Crippen LogP contribution in [0.15, 0.2) is 0 Å². The molecule has 1 aliphatic heterocycles. The summed E-state index contributed by atoms with van der Waals surface area (Å²) in [5.74, 6) is 1.92. The first-order valence-electron chi connectivity index (χ1n) is 5.37. The lowest BCUT2D eigenvalue weighted by atomic mass is 9.82. The second-order valence-corrected chi connectivity index (χ2v) is 4.20. The monoisotopic (exact) mass is 194 g/mol. The maximum Gasteiger partial charge on any atom is 0.158 e. The van der Waals surface area contributed by atoms with Gasteiger partial charge in [0.1, 0.15) is 5.82 Å². The fraction of sp³-hybridized carbons (Fsp3) is 0.800. The first-order valence-corrected chi connectivity index (χ1v) is 5.37. The Bertz CT molecular complexity index is 299. The quantitative estimate of drug-likeness (QED) is 0.758. The van der Waals surface area contributed by atoms with Crippen LogP contribution in [0.3, 0.4) is 0 Å². The zero-order valence-corrected chi connectivity index (χ0v) is 8.93. The number of nitrogens with one attached hydrogen (secondary N) is 2. The van der Waals surface area contributed by atoms with Crippen molar-refractivity contribution in [1.29, 1.82) is 0 Å². The Labute approximate surface area is 84.5 Å². The van der Waals surface area contributed by atoms with E-state index in [0.29, 0.717) is 0 Å². The minimum atomic E-state index is 0.194. The van der Waals surface area contributed by atoms with Crippen LogP contribution in [0, 0.1) is 6.92 Å². The van der Waals surface area contributed by atoms with Crippen molar-refractivity contribution >= 4 is 0 Å². The minimum absolute atomic E-state index is 0.194. The summed E-state index contributed by atoms with van der Waals surface area (Å²) in [5.41, 5.74) is 0.194. The van der Waals surface area contributed by atoms with Gasteiger partial charge in [-0.25, -0.2) is 4.98 Å². The molecule has 1 aromatic rings. The van der Waals surface area contributed by atoms with Crippen LogP contribution >= 0.6 is 0 Å². The van der Waals surface area contributed by atoms with Gasteiger partial charge in [-0.1, -0.05) is 13.3 Å². The third-order valence-corrected chi connectivity index (χ3v) is 3.04. The number of hydrogen-bond donors (Lipinski definition) is 2. The van der Waals surface area contributed by atoms with Crippen LogP contribution in [-0.2, 0) is 5.41 Å². The normalized spacial score (nSPS) is 27.0. The van der Waals surface area contributed by atoms with Crippen LogP contribution in [0.25, 0.3) is 0 Å². The summed E-state index contributed by atoms with van der Waals surface area (Å²) in [6, 6.07) is 0. The van der Waals surface area contributed by atoms with Gasteiger partial charge in [-0.15, -0.1) is 0 Å². The van der Waals surface area contributed by atoms with Crippen LogP contribution in [0.2, 0.25) is 0 Å². The average Bonchev–Trinajstić information content (AvgIpc) is 2.75. The second-order valence-electron chi connectivity index (χ2n) is 4.20. The Morgan fingerprint density at radius 3 is 2.86 bits per heavy atom. The molecule has 1 fully saturated rings. The van der Waals surface area contributed by atoms with Crippen molar-refractivity contribution in [3.8, 4) is 0 Å². The van der Waals surface area contributed by atoms with E-state index in [2.05, 4.69) is 27.4 Å². The maximum atomic E-state index is 4.48. The molecule has 0 aliphatic carbocycles. The molecule has 0 saturated carbocycles. The Morgan fingerprint density at radius 2 is 2.36 bits per heavy atom. The summed E-state index contributed by atoms with van der Waals surface area (Å²) in [6.07, 6.45) is 3.53. The maximum absolute atomic E-state index is 4.48. The highest BCUT2D eigenvalue weighted by molar-refractivity contribution is 5.12. The van der Waals surface area contributed by atoms with E-state index in [4.69, 9.17) is 0 Å². The zero-order valence-electron chi connectivity index (χ0n) is 8.93. The van der Waals surface area contributed by atoms with Crippen LogP contribution in [-0.4, -0.2) is 28.3 Å². The lowest BCUT2D eigenvalue weighted by Crippen LogP contribution is -2.30. The summed E-state index contributed by atoms with van der Waals surface area (Å²) in [6.45, 7) is 6.30. The second kappa shape index (κ2) is 3.69. The number of rotatable bonds is 3. The van der Waals surface area contributed by atoms with Gasteiger partial charge in [0.25, 0.3) is 0 Å². The number of H-pyrrole nitrogens is 1. The van der Waals surface area contributed by atoms with E-state index in [-0.39, 0.29) is 5.41 Å². The highest BCUT2D eigenvalue weighted by atomic mass is 15.2.